The molecule has 1 aromatic carbocycles. The van der Waals surface area contributed by atoms with Crippen LogP contribution in [0.1, 0.15) is 10.4 Å². The van der Waals surface area contributed by atoms with Gasteiger partial charge in [-0.15, -0.1) is 0 Å². The molecule has 104 valence electrons. The summed E-state index contributed by atoms with van der Waals surface area (Å²) in [7, 11) is 0. The number of benzene rings is 1. The van der Waals surface area contributed by atoms with Gasteiger partial charge < -0.3 is 20.0 Å². The minimum Gasteiger partial charge on any atom is -0.472 e. The van der Waals surface area contributed by atoms with Crippen LogP contribution in [-0.4, -0.2) is 37.0 Å². The van der Waals surface area contributed by atoms with Crippen molar-refractivity contribution < 1.29 is 9.21 Å². The van der Waals surface area contributed by atoms with E-state index in [1.54, 1.807) is 6.07 Å². The largest absolute Gasteiger partial charge is 0.472 e. The number of anilines is 2. The molecular weight excluding hydrogens is 254 g/mol. The van der Waals surface area contributed by atoms with Crippen molar-refractivity contribution in [3.8, 4) is 0 Å². The summed E-state index contributed by atoms with van der Waals surface area (Å²) in [6.45, 7) is 3.04. The van der Waals surface area contributed by atoms with Gasteiger partial charge in [0.2, 0.25) is 0 Å². The second-order valence-electron chi connectivity index (χ2n) is 4.89. The van der Waals surface area contributed by atoms with Gasteiger partial charge >= 0.3 is 0 Å². The molecule has 0 bridgehead atoms. The number of hydrogen-bond acceptors (Lipinski definition) is 4. The molecule has 0 aliphatic carbocycles. The number of nitrogens with zero attached hydrogens (tertiary/aromatic N) is 2. The lowest BCUT2D eigenvalue weighted by Crippen LogP contribution is -2.48. The maximum atomic E-state index is 12.2. The number of rotatable bonds is 2. The van der Waals surface area contributed by atoms with E-state index < -0.39 is 0 Å². The summed E-state index contributed by atoms with van der Waals surface area (Å²) in [5, 5.41) is 0. The Morgan fingerprint density at radius 2 is 1.95 bits per heavy atom. The number of nitrogen functional groups attached to an aromatic ring is 1. The number of carbonyl (C=O) groups is 1. The average molecular weight is 271 g/mol. The fourth-order valence-electron chi connectivity index (χ4n) is 2.46. The van der Waals surface area contributed by atoms with Gasteiger partial charge in [-0.2, -0.15) is 0 Å². The molecule has 0 unspecified atom stereocenters. The number of hydrogen-bond donors (Lipinski definition) is 1. The molecule has 5 nitrogen and oxygen atoms in total. The van der Waals surface area contributed by atoms with Gasteiger partial charge in [0.25, 0.3) is 5.91 Å². The van der Waals surface area contributed by atoms with Gasteiger partial charge in [-0.25, -0.2) is 0 Å². The molecule has 2 heterocycles. The lowest BCUT2D eigenvalue weighted by atomic mass is 10.2. The van der Waals surface area contributed by atoms with E-state index in [-0.39, 0.29) is 5.91 Å². The number of nitrogens with two attached hydrogens (primary N) is 1. The van der Waals surface area contributed by atoms with Crippen molar-refractivity contribution in [3.63, 3.8) is 0 Å². The molecule has 5 heteroatoms. The summed E-state index contributed by atoms with van der Waals surface area (Å²) in [5.41, 5.74) is 8.29. The second kappa shape index (κ2) is 5.28. The SMILES string of the molecule is Nc1cccc(N2CCN(C(=O)c3ccoc3)CC2)c1. The average Bonchev–Trinajstić information content (AvgIpc) is 3.01. The minimum absolute atomic E-state index is 0.0333. The molecule has 1 aromatic heterocycles. The molecule has 20 heavy (non-hydrogen) atoms. The fraction of sp³-hybridized carbons (Fsp3) is 0.267. The third-order valence-electron chi connectivity index (χ3n) is 3.57. The Morgan fingerprint density at radius 1 is 1.15 bits per heavy atom. The van der Waals surface area contributed by atoms with E-state index in [0.717, 1.165) is 24.5 Å². The lowest BCUT2D eigenvalue weighted by Gasteiger charge is -2.36. The smallest absolute Gasteiger partial charge is 0.257 e. The highest BCUT2D eigenvalue weighted by Crippen LogP contribution is 2.19. The first-order valence-electron chi connectivity index (χ1n) is 6.66. The maximum Gasteiger partial charge on any atom is 0.257 e. The second-order valence-corrected chi connectivity index (χ2v) is 4.89. The predicted octanol–water partition coefficient (Wildman–Crippen LogP) is 1.82. The Bertz CT molecular complexity index is 587. The summed E-state index contributed by atoms with van der Waals surface area (Å²) in [6.07, 6.45) is 3.02. The number of piperazine rings is 1. The van der Waals surface area contributed by atoms with Crippen LogP contribution in [0.15, 0.2) is 47.3 Å². The first-order valence-corrected chi connectivity index (χ1v) is 6.66. The van der Waals surface area contributed by atoms with Crippen LogP contribution in [0.25, 0.3) is 0 Å². The molecule has 3 rings (SSSR count). The van der Waals surface area contributed by atoms with Gasteiger partial charge in [-0.3, -0.25) is 4.79 Å². The zero-order valence-corrected chi connectivity index (χ0v) is 11.2. The van der Waals surface area contributed by atoms with Crippen molar-refractivity contribution in [2.45, 2.75) is 0 Å². The zero-order chi connectivity index (χ0) is 13.9. The Balaban J connectivity index is 1.64. The molecule has 0 atom stereocenters. The highest BCUT2D eigenvalue weighted by Gasteiger charge is 2.22. The molecule has 2 N–H and O–H groups in total. The molecule has 0 spiro atoms. The maximum absolute atomic E-state index is 12.2. The van der Waals surface area contributed by atoms with Gasteiger partial charge in [0, 0.05) is 37.6 Å². The van der Waals surface area contributed by atoms with E-state index >= 15 is 0 Å². The highest BCUT2D eigenvalue weighted by atomic mass is 16.3. The van der Waals surface area contributed by atoms with Gasteiger partial charge in [-0.1, -0.05) is 6.07 Å². The van der Waals surface area contributed by atoms with E-state index in [4.69, 9.17) is 10.2 Å². The molecule has 1 fully saturated rings. The van der Waals surface area contributed by atoms with E-state index in [2.05, 4.69) is 4.90 Å². The molecule has 0 saturated carbocycles. The number of carbonyl (C=O) groups excluding carboxylic acids is 1. The Morgan fingerprint density at radius 3 is 2.60 bits per heavy atom. The third kappa shape index (κ3) is 2.47. The summed E-state index contributed by atoms with van der Waals surface area (Å²) in [4.78, 5) is 16.3. The third-order valence-corrected chi connectivity index (χ3v) is 3.57. The summed E-state index contributed by atoms with van der Waals surface area (Å²) >= 11 is 0. The molecule has 1 aliphatic heterocycles. The lowest BCUT2D eigenvalue weighted by molar-refractivity contribution is 0.0746. The topological polar surface area (TPSA) is 62.7 Å². The van der Waals surface area contributed by atoms with E-state index in [1.807, 2.05) is 29.2 Å². The first-order chi connectivity index (χ1) is 9.74. The van der Waals surface area contributed by atoms with Crippen LogP contribution in [0.4, 0.5) is 11.4 Å². The summed E-state index contributed by atoms with van der Waals surface area (Å²) in [6, 6.07) is 9.54. The quantitative estimate of drug-likeness (QED) is 0.846. The normalized spacial score (nSPS) is 15.4. The minimum atomic E-state index is 0.0333. The van der Waals surface area contributed by atoms with Gasteiger partial charge in [0.15, 0.2) is 0 Å². The van der Waals surface area contributed by atoms with Crippen LogP contribution in [0.2, 0.25) is 0 Å². The summed E-state index contributed by atoms with van der Waals surface area (Å²) < 4.78 is 4.96. The predicted molar refractivity (Wildman–Crippen MR) is 77.7 cm³/mol. The molecule has 2 aromatic rings. The Labute approximate surface area is 117 Å². The van der Waals surface area contributed by atoms with Crippen LogP contribution in [-0.2, 0) is 0 Å². The van der Waals surface area contributed by atoms with Crippen LogP contribution >= 0.6 is 0 Å². The van der Waals surface area contributed by atoms with E-state index in [9.17, 15) is 4.79 Å². The number of furan rings is 1. The van der Waals surface area contributed by atoms with Crippen molar-refractivity contribution in [1.29, 1.82) is 0 Å². The highest BCUT2D eigenvalue weighted by molar-refractivity contribution is 5.94. The van der Waals surface area contributed by atoms with Crippen molar-refractivity contribution >= 4 is 17.3 Å². The van der Waals surface area contributed by atoms with Gasteiger partial charge in [0.1, 0.15) is 6.26 Å². The van der Waals surface area contributed by atoms with E-state index in [1.165, 1.54) is 12.5 Å². The number of amides is 1. The standard InChI is InChI=1S/C15H17N3O2/c16-13-2-1-3-14(10-13)17-5-7-18(8-6-17)15(19)12-4-9-20-11-12/h1-4,9-11H,5-8,16H2. The Kier molecular flexibility index (Phi) is 3.33. The van der Waals surface area contributed by atoms with Gasteiger partial charge in [0.05, 0.1) is 11.8 Å². The van der Waals surface area contributed by atoms with Crippen molar-refractivity contribution in [2.24, 2.45) is 0 Å². The Hall–Kier alpha value is -2.43. The molecule has 1 amide bonds. The van der Waals surface area contributed by atoms with Crippen molar-refractivity contribution in [1.82, 2.24) is 4.90 Å². The zero-order valence-electron chi connectivity index (χ0n) is 11.2. The molecule has 1 aliphatic rings. The molecule has 1 saturated heterocycles. The first kappa shape index (κ1) is 12.6. The monoisotopic (exact) mass is 271 g/mol. The van der Waals surface area contributed by atoms with Crippen LogP contribution in [0, 0.1) is 0 Å². The van der Waals surface area contributed by atoms with E-state index in [0.29, 0.717) is 18.7 Å². The molecule has 0 radical (unpaired) electrons. The van der Waals surface area contributed by atoms with Crippen molar-refractivity contribution in [3.05, 3.63) is 48.4 Å². The van der Waals surface area contributed by atoms with Crippen LogP contribution in [0.5, 0.6) is 0 Å². The fourth-order valence-corrected chi connectivity index (χ4v) is 2.46. The van der Waals surface area contributed by atoms with Gasteiger partial charge in [-0.05, 0) is 24.3 Å². The van der Waals surface area contributed by atoms with Crippen molar-refractivity contribution in [2.75, 3.05) is 36.8 Å². The van der Waals surface area contributed by atoms with Crippen LogP contribution in [0.3, 0.4) is 0 Å². The summed E-state index contributed by atoms with van der Waals surface area (Å²) in [5.74, 6) is 0.0333. The molecular formula is C15H17N3O2. The van der Waals surface area contributed by atoms with Crippen LogP contribution < -0.4 is 10.6 Å².